The molecule has 0 aliphatic heterocycles. The van der Waals surface area contributed by atoms with E-state index in [0.29, 0.717) is 5.69 Å². The van der Waals surface area contributed by atoms with Gasteiger partial charge in [-0.1, -0.05) is 0 Å². The molecule has 0 fully saturated rings. The summed E-state index contributed by atoms with van der Waals surface area (Å²) in [7, 11) is 0. The van der Waals surface area contributed by atoms with Crippen LogP contribution in [0.3, 0.4) is 0 Å². The molecule has 0 bridgehead atoms. The van der Waals surface area contributed by atoms with E-state index in [9.17, 15) is 0 Å². The van der Waals surface area contributed by atoms with Gasteiger partial charge in [0, 0.05) is 0 Å². The van der Waals surface area contributed by atoms with E-state index < -0.39 is 0 Å². The number of rotatable bonds is 0. The molecule has 0 aliphatic rings. The van der Waals surface area contributed by atoms with Crippen molar-refractivity contribution in [3.05, 3.63) is 23.3 Å². The number of hydrogen-bond donors (Lipinski definition) is 0. The fourth-order valence-corrected chi connectivity index (χ4v) is 1.48. The number of nitrogens with zero attached hydrogens (tertiary/aromatic N) is 3. The third-order valence-electron chi connectivity index (χ3n) is 1.28. The number of fused-ring (bicyclic) bond motifs is 1. The predicted octanol–water partition coefficient (Wildman–Crippen LogP) is 1.56. The molecule has 4 heteroatoms. The van der Waals surface area contributed by atoms with Crippen LogP contribution in [0.15, 0.2) is 17.6 Å². The summed E-state index contributed by atoms with van der Waals surface area (Å²) in [5.74, 6) is 0. The van der Waals surface area contributed by atoms with Crippen LogP contribution < -0.4 is 0 Å². The van der Waals surface area contributed by atoms with Crippen molar-refractivity contribution in [3.63, 3.8) is 0 Å². The van der Waals surface area contributed by atoms with Gasteiger partial charge in [-0.3, -0.25) is 0 Å². The lowest BCUT2D eigenvalue weighted by Crippen LogP contribution is -1.82. The average molecular weight is 161 g/mol. The summed E-state index contributed by atoms with van der Waals surface area (Å²) in [4.78, 5) is 8.96. The molecule has 2 heterocycles. The summed E-state index contributed by atoms with van der Waals surface area (Å²) < 4.78 is 0. The van der Waals surface area contributed by atoms with Crippen LogP contribution in [0, 0.1) is 11.3 Å². The lowest BCUT2D eigenvalue weighted by molar-refractivity contribution is 1.26. The quantitative estimate of drug-likeness (QED) is 0.589. The number of thiophene rings is 1. The van der Waals surface area contributed by atoms with Crippen LogP contribution in [0.1, 0.15) is 5.69 Å². The van der Waals surface area contributed by atoms with Gasteiger partial charge in [0.25, 0.3) is 0 Å². The Morgan fingerprint density at radius 1 is 1.55 bits per heavy atom. The number of hydrogen-bond acceptors (Lipinski definition) is 4. The van der Waals surface area contributed by atoms with Gasteiger partial charge in [-0.15, -0.1) is 11.3 Å². The van der Waals surface area contributed by atoms with E-state index in [4.69, 9.17) is 5.26 Å². The first kappa shape index (κ1) is 6.25. The third-order valence-corrected chi connectivity index (χ3v) is 2.09. The fraction of sp³-hybridized carbons (Fsp3) is 0. The van der Waals surface area contributed by atoms with Crippen LogP contribution in [-0.4, -0.2) is 9.97 Å². The van der Waals surface area contributed by atoms with E-state index in [1.165, 1.54) is 17.5 Å². The molecule has 0 saturated heterocycles. The van der Waals surface area contributed by atoms with E-state index in [1.807, 2.05) is 17.5 Å². The summed E-state index contributed by atoms with van der Waals surface area (Å²) in [5.41, 5.74) is 1.17. The van der Waals surface area contributed by atoms with Crippen molar-refractivity contribution < 1.29 is 0 Å². The van der Waals surface area contributed by atoms with Gasteiger partial charge in [0.05, 0.1) is 6.20 Å². The maximum absolute atomic E-state index is 8.49. The molecule has 2 rings (SSSR count). The van der Waals surface area contributed by atoms with Crippen LogP contribution in [-0.2, 0) is 0 Å². The van der Waals surface area contributed by atoms with Gasteiger partial charge in [0.1, 0.15) is 16.4 Å². The molecule has 0 aromatic carbocycles. The predicted molar refractivity (Wildman–Crippen MR) is 42.1 cm³/mol. The standard InChI is InChI=1S/C7H3N3S/c8-3-5-4-9-7-6(10-5)1-2-11-7/h1-2,4H. The molecule has 0 unspecified atom stereocenters. The first-order valence-corrected chi connectivity index (χ1v) is 3.88. The summed E-state index contributed by atoms with van der Waals surface area (Å²) >= 11 is 1.52. The molecule has 52 valence electrons. The SMILES string of the molecule is N#Cc1cnc2sccc2n1. The molecule has 0 N–H and O–H groups in total. The summed E-state index contributed by atoms with van der Waals surface area (Å²) in [6, 6.07) is 3.79. The third kappa shape index (κ3) is 0.954. The Hall–Kier alpha value is -1.47. The van der Waals surface area contributed by atoms with Gasteiger partial charge >= 0.3 is 0 Å². The summed E-state index contributed by atoms with van der Waals surface area (Å²) in [5, 5.41) is 10.4. The second-order valence-corrected chi connectivity index (χ2v) is 2.87. The highest BCUT2D eigenvalue weighted by molar-refractivity contribution is 7.16. The smallest absolute Gasteiger partial charge is 0.159 e. The van der Waals surface area contributed by atoms with Gasteiger partial charge in [0.2, 0.25) is 0 Å². The Balaban J connectivity index is 2.79. The Kier molecular flexibility index (Phi) is 1.30. The van der Waals surface area contributed by atoms with Crippen LogP contribution >= 0.6 is 11.3 Å². The first-order chi connectivity index (χ1) is 5.40. The lowest BCUT2D eigenvalue weighted by Gasteiger charge is -1.86. The van der Waals surface area contributed by atoms with E-state index in [2.05, 4.69) is 9.97 Å². The van der Waals surface area contributed by atoms with Crippen molar-refractivity contribution in [2.24, 2.45) is 0 Å². The molecule has 11 heavy (non-hydrogen) atoms. The zero-order chi connectivity index (χ0) is 7.68. The molecule has 3 nitrogen and oxygen atoms in total. The Labute approximate surface area is 67.0 Å². The highest BCUT2D eigenvalue weighted by Gasteiger charge is 1.97. The minimum atomic E-state index is 0.371. The Morgan fingerprint density at radius 2 is 2.45 bits per heavy atom. The number of nitriles is 1. The lowest BCUT2D eigenvalue weighted by atomic mass is 10.4. The molecular weight excluding hydrogens is 158 g/mol. The highest BCUT2D eigenvalue weighted by Crippen LogP contribution is 2.15. The van der Waals surface area contributed by atoms with Crippen LogP contribution in [0.2, 0.25) is 0 Å². The molecule has 0 amide bonds. The van der Waals surface area contributed by atoms with E-state index in [-0.39, 0.29) is 0 Å². The summed E-state index contributed by atoms with van der Waals surface area (Å²) in [6.45, 7) is 0. The monoisotopic (exact) mass is 161 g/mol. The molecule has 0 aliphatic carbocycles. The average Bonchev–Trinajstić information content (AvgIpc) is 2.50. The normalized spacial score (nSPS) is 9.73. The van der Waals surface area contributed by atoms with Crippen LogP contribution in [0.5, 0.6) is 0 Å². The van der Waals surface area contributed by atoms with Gasteiger partial charge in [-0.2, -0.15) is 5.26 Å². The maximum Gasteiger partial charge on any atom is 0.159 e. The van der Waals surface area contributed by atoms with Crippen molar-refractivity contribution in [1.82, 2.24) is 9.97 Å². The molecular formula is C7H3N3S. The second kappa shape index (κ2) is 2.29. The minimum Gasteiger partial charge on any atom is -0.241 e. The maximum atomic E-state index is 8.49. The van der Waals surface area contributed by atoms with E-state index in [0.717, 1.165) is 10.3 Å². The first-order valence-electron chi connectivity index (χ1n) is 3.00. The van der Waals surface area contributed by atoms with Gasteiger partial charge in [-0.05, 0) is 11.4 Å². The molecule has 0 radical (unpaired) electrons. The fourth-order valence-electron chi connectivity index (χ4n) is 0.809. The van der Waals surface area contributed by atoms with E-state index >= 15 is 0 Å². The van der Waals surface area contributed by atoms with Gasteiger partial charge in [-0.25, -0.2) is 9.97 Å². The van der Waals surface area contributed by atoms with Crippen LogP contribution in [0.4, 0.5) is 0 Å². The minimum absolute atomic E-state index is 0.371. The molecule has 2 aromatic rings. The van der Waals surface area contributed by atoms with Crippen LogP contribution in [0.25, 0.3) is 10.3 Å². The topological polar surface area (TPSA) is 49.6 Å². The largest absolute Gasteiger partial charge is 0.241 e. The Morgan fingerprint density at radius 3 is 3.27 bits per heavy atom. The molecule has 0 atom stereocenters. The van der Waals surface area contributed by atoms with E-state index in [1.54, 1.807) is 0 Å². The van der Waals surface area contributed by atoms with Crippen molar-refractivity contribution in [2.75, 3.05) is 0 Å². The zero-order valence-electron chi connectivity index (χ0n) is 5.48. The molecule has 2 aromatic heterocycles. The summed E-state index contributed by atoms with van der Waals surface area (Å²) in [6.07, 6.45) is 1.48. The van der Waals surface area contributed by atoms with Crippen molar-refractivity contribution in [3.8, 4) is 6.07 Å². The van der Waals surface area contributed by atoms with Crippen molar-refractivity contribution in [1.29, 1.82) is 5.26 Å². The number of aromatic nitrogens is 2. The zero-order valence-corrected chi connectivity index (χ0v) is 6.30. The highest BCUT2D eigenvalue weighted by atomic mass is 32.1. The second-order valence-electron chi connectivity index (χ2n) is 1.98. The van der Waals surface area contributed by atoms with Crippen molar-refractivity contribution in [2.45, 2.75) is 0 Å². The van der Waals surface area contributed by atoms with Gasteiger partial charge < -0.3 is 0 Å². The van der Waals surface area contributed by atoms with Gasteiger partial charge in [0.15, 0.2) is 5.69 Å². The Bertz CT molecular complexity index is 426. The van der Waals surface area contributed by atoms with Crippen molar-refractivity contribution >= 4 is 21.7 Å². The molecule has 0 spiro atoms. The molecule has 0 saturated carbocycles.